The molecular formula is C27H29N3O3. The normalized spacial score (nSPS) is 22.5. The van der Waals surface area contributed by atoms with Crippen molar-refractivity contribution >= 4 is 34.8 Å². The number of rotatable bonds is 4. The fourth-order valence-corrected chi connectivity index (χ4v) is 5.15. The highest BCUT2D eigenvalue weighted by atomic mass is 16.2. The Morgan fingerprint density at radius 3 is 2.15 bits per heavy atom. The molecule has 1 aliphatic carbocycles. The van der Waals surface area contributed by atoms with E-state index in [1.165, 1.54) is 11.3 Å². The topological polar surface area (TPSA) is 69.7 Å². The fraction of sp³-hybridized carbons (Fsp3) is 0.370. The molecule has 0 bridgehead atoms. The van der Waals surface area contributed by atoms with Crippen LogP contribution < -0.4 is 15.1 Å². The summed E-state index contributed by atoms with van der Waals surface area (Å²) >= 11 is 0. The number of allylic oxidation sites excluding steroid dienone is 2. The number of benzene rings is 2. The number of aryl methyl sites for hydroxylation is 1. The molecule has 2 aromatic rings. The number of piperidine rings is 1. The summed E-state index contributed by atoms with van der Waals surface area (Å²) in [7, 11) is 0. The third-order valence-electron chi connectivity index (χ3n) is 7.00. The molecular weight excluding hydrogens is 414 g/mol. The van der Waals surface area contributed by atoms with E-state index >= 15 is 0 Å². The maximum atomic E-state index is 13.4. The smallest absolute Gasteiger partial charge is 0.257 e. The lowest BCUT2D eigenvalue weighted by Gasteiger charge is -2.31. The number of fused-ring (bicyclic) bond motifs is 1. The molecule has 0 unspecified atom stereocenters. The number of hydrogen-bond donors (Lipinski definition) is 1. The number of carbonyl (C=O) groups is 3. The molecule has 2 aromatic carbocycles. The van der Waals surface area contributed by atoms with Gasteiger partial charge in [0.1, 0.15) is 0 Å². The van der Waals surface area contributed by atoms with Gasteiger partial charge in [0.05, 0.1) is 23.1 Å². The SMILES string of the molecule is Cc1ccc(NC(=O)c2cc(N3C(=O)[C@H]4CC=CC[C@H]4C3=O)ccc2N2CCCCC2)cc1. The molecule has 6 nitrogen and oxygen atoms in total. The van der Waals surface area contributed by atoms with Crippen LogP contribution in [0.15, 0.2) is 54.6 Å². The Balaban J connectivity index is 1.50. The number of carbonyl (C=O) groups excluding carboxylic acids is 3. The Morgan fingerprint density at radius 2 is 1.52 bits per heavy atom. The Hall–Kier alpha value is -3.41. The van der Waals surface area contributed by atoms with Gasteiger partial charge in [-0.05, 0) is 69.4 Å². The molecule has 6 heteroatoms. The summed E-state index contributed by atoms with van der Waals surface area (Å²) in [6.45, 7) is 3.78. The van der Waals surface area contributed by atoms with Gasteiger partial charge in [0, 0.05) is 24.5 Å². The molecule has 3 amide bonds. The van der Waals surface area contributed by atoms with Crippen molar-refractivity contribution in [3.05, 3.63) is 65.7 Å². The van der Waals surface area contributed by atoms with Crippen LogP contribution in [0.2, 0.25) is 0 Å². The lowest BCUT2D eigenvalue weighted by molar-refractivity contribution is -0.122. The van der Waals surface area contributed by atoms with E-state index in [4.69, 9.17) is 0 Å². The summed E-state index contributed by atoms with van der Waals surface area (Å²) in [4.78, 5) is 43.1. The van der Waals surface area contributed by atoms with Gasteiger partial charge in [-0.3, -0.25) is 19.3 Å². The number of amides is 3. The average Bonchev–Trinajstić information content (AvgIpc) is 3.11. The van der Waals surface area contributed by atoms with Gasteiger partial charge in [-0.25, -0.2) is 0 Å². The van der Waals surface area contributed by atoms with Crippen LogP contribution in [0.4, 0.5) is 17.1 Å². The Labute approximate surface area is 194 Å². The molecule has 0 spiro atoms. The minimum absolute atomic E-state index is 0.162. The van der Waals surface area contributed by atoms with E-state index in [-0.39, 0.29) is 29.6 Å². The molecule has 3 aliphatic rings. The van der Waals surface area contributed by atoms with Gasteiger partial charge in [-0.1, -0.05) is 29.8 Å². The maximum Gasteiger partial charge on any atom is 0.257 e. The second-order valence-corrected chi connectivity index (χ2v) is 9.24. The van der Waals surface area contributed by atoms with Crippen molar-refractivity contribution in [2.75, 3.05) is 28.2 Å². The number of hydrogen-bond acceptors (Lipinski definition) is 4. The Morgan fingerprint density at radius 1 is 0.879 bits per heavy atom. The van der Waals surface area contributed by atoms with Gasteiger partial charge >= 0.3 is 0 Å². The van der Waals surface area contributed by atoms with Crippen molar-refractivity contribution in [2.45, 2.75) is 39.0 Å². The van der Waals surface area contributed by atoms with Crippen molar-refractivity contribution in [1.29, 1.82) is 0 Å². The van der Waals surface area contributed by atoms with Crippen LogP contribution in [0.1, 0.15) is 48.0 Å². The number of anilines is 3. The molecule has 5 rings (SSSR count). The third kappa shape index (κ3) is 4.06. The molecule has 33 heavy (non-hydrogen) atoms. The van der Waals surface area contributed by atoms with Crippen LogP contribution in [0.3, 0.4) is 0 Å². The van der Waals surface area contributed by atoms with Crippen molar-refractivity contribution in [1.82, 2.24) is 0 Å². The maximum absolute atomic E-state index is 13.4. The summed E-state index contributed by atoms with van der Waals surface area (Å²) in [6, 6.07) is 13.1. The summed E-state index contributed by atoms with van der Waals surface area (Å²) < 4.78 is 0. The lowest BCUT2D eigenvalue weighted by atomic mass is 9.85. The first-order chi connectivity index (χ1) is 16.0. The summed E-state index contributed by atoms with van der Waals surface area (Å²) in [6.07, 6.45) is 8.51. The first-order valence-electron chi connectivity index (χ1n) is 11.8. The van der Waals surface area contributed by atoms with Crippen LogP contribution in [-0.2, 0) is 9.59 Å². The molecule has 170 valence electrons. The van der Waals surface area contributed by atoms with Crippen LogP contribution in [0.5, 0.6) is 0 Å². The van der Waals surface area contributed by atoms with E-state index < -0.39 is 0 Å². The first-order valence-corrected chi connectivity index (χ1v) is 11.8. The Bertz CT molecular complexity index is 1090. The van der Waals surface area contributed by atoms with Crippen molar-refractivity contribution < 1.29 is 14.4 Å². The summed E-state index contributed by atoms with van der Waals surface area (Å²) in [5.74, 6) is -1.16. The fourth-order valence-electron chi connectivity index (χ4n) is 5.15. The highest BCUT2D eigenvalue weighted by molar-refractivity contribution is 6.23. The summed E-state index contributed by atoms with van der Waals surface area (Å²) in [5.41, 5.74) is 3.65. The molecule has 2 fully saturated rings. The number of nitrogens with zero attached hydrogens (tertiary/aromatic N) is 2. The molecule has 0 aromatic heterocycles. The van der Waals surface area contributed by atoms with E-state index in [9.17, 15) is 14.4 Å². The third-order valence-corrected chi connectivity index (χ3v) is 7.00. The van der Waals surface area contributed by atoms with E-state index in [2.05, 4.69) is 10.2 Å². The number of nitrogens with one attached hydrogen (secondary N) is 1. The average molecular weight is 444 g/mol. The van der Waals surface area contributed by atoms with E-state index in [0.717, 1.165) is 37.2 Å². The minimum atomic E-state index is -0.297. The molecule has 2 aliphatic heterocycles. The van der Waals surface area contributed by atoms with E-state index in [1.54, 1.807) is 6.07 Å². The van der Waals surface area contributed by atoms with Crippen LogP contribution in [-0.4, -0.2) is 30.8 Å². The highest BCUT2D eigenvalue weighted by Gasteiger charge is 2.48. The van der Waals surface area contributed by atoms with Gasteiger partial charge in [0.25, 0.3) is 5.91 Å². The van der Waals surface area contributed by atoms with Gasteiger partial charge in [-0.15, -0.1) is 0 Å². The lowest BCUT2D eigenvalue weighted by Crippen LogP contribution is -2.33. The van der Waals surface area contributed by atoms with Crippen molar-refractivity contribution in [2.24, 2.45) is 11.8 Å². The molecule has 0 radical (unpaired) electrons. The van der Waals surface area contributed by atoms with Crippen LogP contribution >= 0.6 is 0 Å². The number of imide groups is 1. The predicted molar refractivity (Wildman–Crippen MR) is 129 cm³/mol. The first kappa shape index (κ1) is 21.4. The molecule has 2 saturated heterocycles. The van der Waals surface area contributed by atoms with Crippen molar-refractivity contribution in [3.8, 4) is 0 Å². The van der Waals surface area contributed by atoms with Gasteiger partial charge in [0.2, 0.25) is 11.8 Å². The van der Waals surface area contributed by atoms with Gasteiger partial charge in [-0.2, -0.15) is 0 Å². The quantitative estimate of drug-likeness (QED) is 0.550. The monoisotopic (exact) mass is 443 g/mol. The predicted octanol–water partition coefficient (Wildman–Crippen LogP) is 4.69. The second kappa shape index (κ2) is 8.85. The summed E-state index contributed by atoms with van der Waals surface area (Å²) in [5, 5.41) is 2.99. The van der Waals surface area contributed by atoms with Crippen LogP contribution in [0, 0.1) is 18.8 Å². The van der Waals surface area contributed by atoms with Gasteiger partial charge < -0.3 is 10.2 Å². The van der Waals surface area contributed by atoms with E-state index in [0.29, 0.717) is 29.8 Å². The molecule has 1 N–H and O–H groups in total. The van der Waals surface area contributed by atoms with Gasteiger partial charge in [0.15, 0.2) is 0 Å². The zero-order valence-electron chi connectivity index (χ0n) is 18.9. The molecule has 2 atom stereocenters. The van der Waals surface area contributed by atoms with Crippen LogP contribution in [0.25, 0.3) is 0 Å². The second-order valence-electron chi connectivity index (χ2n) is 9.24. The highest BCUT2D eigenvalue weighted by Crippen LogP contribution is 2.39. The molecule has 2 heterocycles. The van der Waals surface area contributed by atoms with Crippen molar-refractivity contribution in [3.63, 3.8) is 0 Å². The largest absolute Gasteiger partial charge is 0.371 e. The zero-order valence-corrected chi connectivity index (χ0v) is 18.9. The molecule has 0 saturated carbocycles. The standard InChI is InChI=1S/C27H29N3O3/c1-18-9-11-19(12-10-18)28-25(31)23-17-20(13-14-24(23)29-15-5-2-6-16-29)30-26(32)21-7-3-4-8-22(21)27(30)33/h3-4,9-14,17,21-22H,2,5-8,15-16H2,1H3,(H,28,31)/t21-,22+. The Kier molecular flexibility index (Phi) is 5.75. The van der Waals surface area contributed by atoms with E-state index in [1.807, 2.05) is 55.5 Å². The minimum Gasteiger partial charge on any atom is -0.371 e. The zero-order chi connectivity index (χ0) is 22.9.